The van der Waals surface area contributed by atoms with Crippen LogP contribution in [0.2, 0.25) is 0 Å². The predicted molar refractivity (Wildman–Crippen MR) is 98.7 cm³/mol. The highest BCUT2D eigenvalue weighted by atomic mass is 16.6. The molecule has 2 amide bonds. The number of amides is 2. The third-order valence-electron chi connectivity index (χ3n) is 4.19. The average molecular weight is 368 g/mol. The maximum absolute atomic E-state index is 13.0. The van der Waals surface area contributed by atoms with Crippen molar-refractivity contribution in [3.63, 3.8) is 0 Å². The largest absolute Gasteiger partial charge is 0.467 e. The number of hydrogen-bond acceptors (Lipinski definition) is 5. The molecular formula is C19H32N2O5. The predicted octanol–water partition coefficient (Wildman–Crippen LogP) is 3.32. The number of furan rings is 1. The maximum atomic E-state index is 13.0. The van der Waals surface area contributed by atoms with E-state index in [4.69, 9.17) is 13.9 Å². The van der Waals surface area contributed by atoms with Crippen molar-refractivity contribution in [3.05, 3.63) is 24.2 Å². The topological polar surface area (TPSA) is 72.2 Å². The van der Waals surface area contributed by atoms with Crippen molar-refractivity contribution < 1.29 is 23.5 Å². The van der Waals surface area contributed by atoms with Gasteiger partial charge in [-0.3, -0.25) is 9.69 Å². The molecule has 1 aromatic rings. The first-order valence-electron chi connectivity index (χ1n) is 8.74. The number of rotatable bonds is 7. The van der Waals surface area contributed by atoms with Gasteiger partial charge >= 0.3 is 6.09 Å². The molecule has 3 unspecified atom stereocenters. The van der Waals surface area contributed by atoms with Crippen LogP contribution in [0.4, 0.5) is 4.79 Å². The molecule has 0 aliphatic rings. The number of carbonyl (C=O) groups excluding carboxylic acids is 2. The summed E-state index contributed by atoms with van der Waals surface area (Å²) in [6.45, 7) is 9.51. The van der Waals surface area contributed by atoms with Gasteiger partial charge in [-0.25, -0.2) is 4.79 Å². The molecule has 0 saturated carbocycles. The molecule has 1 aromatic heterocycles. The van der Waals surface area contributed by atoms with E-state index in [1.165, 1.54) is 4.90 Å². The number of ether oxygens (including phenoxy) is 2. The monoisotopic (exact) mass is 368 g/mol. The summed E-state index contributed by atoms with van der Waals surface area (Å²) in [6.07, 6.45) is 1.04. The fourth-order valence-electron chi connectivity index (χ4n) is 2.76. The summed E-state index contributed by atoms with van der Waals surface area (Å²) in [5, 5.41) is 0. The van der Waals surface area contributed by atoms with Crippen molar-refractivity contribution in [2.75, 3.05) is 27.8 Å². The van der Waals surface area contributed by atoms with Crippen molar-refractivity contribution in [1.82, 2.24) is 9.80 Å². The molecule has 26 heavy (non-hydrogen) atoms. The molecule has 0 aliphatic heterocycles. The molecule has 7 nitrogen and oxygen atoms in total. The fraction of sp³-hybridized carbons (Fsp3) is 0.684. The van der Waals surface area contributed by atoms with E-state index in [0.29, 0.717) is 12.4 Å². The minimum absolute atomic E-state index is 0.0131. The number of nitrogens with zero attached hydrogens (tertiary/aromatic N) is 2. The van der Waals surface area contributed by atoms with Crippen LogP contribution in [-0.2, 0) is 14.3 Å². The molecule has 0 spiro atoms. The van der Waals surface area contributed by atoms with Crippen LogP contribution >= 0.6 is 0 Å². The molecular weight excluding hydrogens is 336 g/mol. The maximum Gasteiger partial charge on any atom is 0.410 e. The van der Waals surface area contributed by atoms with Gasteiger partial charge in [0, 0.05) is 27.1 Å². The van der Waals surface area contributed by atoms with E-state index in [9.17, 15) is 9.59 Å². The van der Waals surface area contributed by atoms with E-state index in [-0.39, 0.29) is 17.9 Å². The Labute approximate surface area is 156 Å². The van der Waals surface area contributed by atoms with Gasteiger partial charge in [0.1, 0.15) is 17.4 Å². The molecule has 3 atom stereocenters. The quantitative estimate of drug-likeness (QED) is 0.738. The first-order chi connectivity index (χ1) is 12.0. The van der Waals surface area contributed by atoms with E-state index < -0.39 is 17.7 Å². The van der Waals surface area contributed by atoms with Gasteiger partial charge < -0.3 is 18.8 Å². The Hall–Kier alpha value is -2.02. The number of hydrogen-bond donors (Lipinski definition) is 0. The third-order valence-corrected chi connectivity index (χ3v) is 4.19. The molecule has 1 heterocycles. The summed E-state index contributed by atoms with van der Waals surface area (Å²) >= 11 is 0. The summed E-state index contributed by atoms with van der Waals surface area (Å²) in [7, 11) is 4.89. The normalized spacial score (nSPS) is 15.1. The third kappa shape index (κ3) is 5.76. The average Bonchev–Trinajstić information content (AvgIpc) is 3.05. The lowest BCUT2D eigenvalue weighted by atomic mass is 9.98. The Kier molecular flexibility index (Phi) is 7.68. The van der Waals surface area contributed by atoms with Crippen LogP contribution in [0.25, 0.3) is 0 Å². The van der Waals surface area contributed by atoms with Crippen molar-refractivity contribution in [2.24, 2.45) is 5.92 Å². The summed E-state index contributed by atoms with van der Waals surface area (Å²) in [4.78, 5) is 28.2. The molecule has 0 N–H and O–H groups in total. The van der Waals surface area contributed by atoms with Crippen molar-refractivity contribution in [1.29, 1.82) is 0 Å². The first-order valence-corrected chi connectivity index (χ1v) is 8.74. The van der Waals surface area contributed by atoms with E-state index in [0.717, 1.165) is 0 Å². The van der Waals surface area contributed by atoms with Gasteiger partial charge in [0.15, 0.2) is 0 Å². The number of carbonyl (C=O) groups is 2. The molecule has 0 bridgehead atoms. The zero-order chi connectivity index (χ0) is 20.1. The summed E-state index contributed by atoms with van der Waals surface area (Å²) in [5.41, 5.74) is -0.621. The molecule has 0 saturated heterocycles. The van der Waals surface area contributed by atoms with E-state index in [1.54, 1.807) is 66.1 Å². The fourth-order valence-corrected chi connectivity index (χ4v) is 2.76. The van der Waals surface area contributed by atoms with Crippen LogP contribution in [-0.4, -0.2) is 61.3 Å². The summed E-state index contributed by atoms with van der Waals surface area (Å²) in [5.74, 6) is 0.486. The van der Waals surface area contributed by atoms with Crippen LogP contribution in [0.5, 0.6) is 0 Å². The Morgan fingerprint density at radius 3 is 2.27 bits per heavy atom. The van der Waals surface area contributed by atoms with Gasteiger partial charge in [-0.05, 0) is 39.8 Å². The SMILES string of the molecule is COCC(C)C(c1ccco1)N(C)C(=O)C(C)N(C)C(=O)OC(C)(C)C. The second kappa shape index (κ2) is 9.07. The molecule has 0 fully saturated rings. The zero-order valence-corrected chi connectivity index (χ0v) is 17.1. The van der Waals surface area contributed by atoms with Gasteiger partial charge in [-0.1, -0.05) is 6.92 Å². The van der Waals surface area contributed by atoms with Crippen LogP contribution in [0.15, 0.2) is 22.8 Å². The molecule has 7 heteroatoms. The minimum atomic E-state index is -0.679. The van der Waals surface area contributed by atoms with Gasteiger partial charge in [-0.15, -0.1) is 0 Å². The zero-order valence-electron chi connectivity index (χ0n) is 17.1. The lowest BCUT2D eigenvalue weighted by Crippen LogP contribution is -2.49. The van der Waals surface area contributed by atoms with E-state index in [1.807, 2.05) is 13.0 Å². The number of methoxy groups -OCH3 is 1. The Morgan fingerprint density at radius 2 is 1.81 bits per heavy atom. The van der Waals surface area contributed by atoms with Gasteiger partial charge in [-0.2, -0.15) is 0 Å². The van der Waals surface area contributed by atoms with Gasteiger partial charge in [0.25, 0.3) is 0 Å². The van der Waals surface area contributed by atoms with E-state index in [2.05, 4.69) is 0 Å². The van der Waals surface area contributed by atoms with Crippen LogP contribution in [0.3, 0.4) is 0 Å². The second-order valence-electron chi connectivity index (χ2n) is 7.61. The van der Waals surface area contributed by atoms with E-state index >= 15 is 0 Å². The highest BCUT2D eigenvalue weighted by Gasteiger charge is 2.34. The Balaban J connectivity index is 2.95. The highest BCUT2D eigenvalue weighted by molar-refractivity contribution is 5.85. The van der Waals surface area contributed by atoms with Crippen LogP contribution in [0.1, 0.15) is 46.4 Å². The van der Waals surface area contributed by atoms with Gasteiger partial charge in [0.05, 0.1) is 18.9 Å². The lowest BCUT2D eigenvalue weighted by molar-refractivity contribution is -0.138. The molecule has 1 rings (SSSR count). The highest BCUT2D eigenvalue weighted by Crippen LogP contribution is 2.29. The van der Waals surface area contributed by atoms with Crippen molar-refractivity contribution in [2.45, 2.75) is 52.3 Å². The van der Waals surface area contributed by atoms with Crippen molar-refractivity contribution >= 4 is 12.0 Å². The molecule has 0 aliphatic carbocycles. The second-order valence-corrected chi connectivity index (χ2v) is 7.61. The lowest BCUT2D eigenvalue weighted by Gasteiger charge is -2.35. The molecule has 0 aromatic carbocycles. The van der Waals surface area contributed by atoms with Crippen LogP contribution in [0, 0.1) is 5.92 Å². The summed E-state index contributed by atoms with van der Waals surface area (Å²) in [6, 6.07) is 2.65. The summed E-state index contributed by atoms with van der Waals surface area (Å²) < 4.78 is 16.1. The standard InChI is InChI=1S/C19H32N2O5/c1-13(12-24-8)16(15-10-9-11-25-15)21(7)17(22)14(2)20(6)18(23)26-19(3,4)5/h9-11,13-14,16H,12H2,1-8H3. The molecule has 148 valence electrons. The Bertz CT molecular complexity index is 579. The van der Waals surface area contributed by atoms with Gasteiger partial charge in [0.2, 0.25) is 5.91 Å². The van der Waals surface area contributed by atoms with Crippen molar-refractivity contribution in [3.8, 4) is 0 Å². The minimum Gasteiger partial charge on any atom is -0.467 e. The Morgan fingerprint density at radius 1 is 1.19 bits per heavy atom. The van der Waals surface area contributed by atoms with Crippen LogP contribution < -0.4 is 0 Å². The first kappa shape index (κ1) is 22.0. The number of likely N-dealkylation sites (N-methyl/N-ethyl adjacent to an activating group) is 2. The smallest absolute Gasteiger partial charge is 0.410 e. The molecule has 0 radical (unpaired) electrons.